The number of aromatic nitrogens is 2. The van der Waals surface area contributed by atoms with E-state index in [2.05, 4.69) is 15.0 Å². The zero-order chi connectivity index (χ0) is 12.1. The van der Waals surface area contributed by atoms with Crippen molar-refractivity contribution in [1.29, 1.82) is 0 Å². The van der Waals surface area contributed by atoms with E-state index in [1.165, 1.54) is 28.9 Å². The summed E-state index contributed by atoms with van der Waals surface area (Å²) < 4.78 is 0. The van der Waals surface area contributed by atoms with Gasteiger partial charge in [0.2, 0.25) is 0 Å². The summed E-state index contributed by atoms with van der Waals surface area (Å²) >= 11 is 2.86. The molecule has 1 N–H and O–H groups in total. The van der Waals surface area contributed by atoms with Crippen LogP contribution in [0.3, 0.4) is 0 Å². The van der Waals surface area contributed by atoms with Gasteiger partial charge in [0.1, 0.15) is 5.01 Å². The Morgan fingerprint density at radius 3 is 3.06 bits per heavy atom. The highest BCUT2D eigenvalue weighted by atomic mass is 32.1. The van der Waals surface area contributed by atoms with Crippen LogP contribution in [0.5, 0.6) is 0 Å². The van der Waals surface area contributed by atoms with Gasteiger partial charge in [0.15, 0.2) is 6.04 Å². The molecule has 2 aromatic rings. The number of aliphatic imine (C=N–C) groups is 1. The summed E-state index contributed by atoms with van der Waals surface area (Å²) in [5, 5.41) is 13.4. The molecular weight excluding hydrogens is 258 g/mol. The maximum atomic E-state index is 11.0. The topological polar surface area (TPSA) is 75.4 Å². The number of thiazole rings is 2. The molecule has 0 amide bonds. The molecule has 0 fully saturated rings. The molecule has 2 heterocycles. The van der Waals surface area contributed by atoms with Crippen LogP contribution < -0.4 is 0 Å². The second kappa shape index (κ2) is 5.65. The quantitative estimate of drug-likeness (QED) is 0.837. The zero-order valence-corrected chi connectivity index (χ0v) is 10.3. The minimum Gasteiger partial charge on any atom is -0.480 e. The third-order valence-corrected chi connectivity index (χ3v) is 3.33. The van der Waals surface area contributed by atoms with E-state index in [1.807, 2.05) is 10.8 Å². The molecule has 2 rings (SSSR count). The smallest absolute Gasteiger partial charge is 0.328 e. The lowest BCUT2D eigenvalue weighted by molar-refractivity contribution is -0.138. The van der Waals surface area contributed by atoms with Crippen molar-refractivity contribution in [3.8, 4) is 0 Å². The lowest BCUT2D eigenvalue weighted by Crippen LogP contribution is -2.21. The van der Waals surface area contributed by atoms with E-state index in [-0.39, 0.29) is 0 Å². The molecule has 1 unspecified atom stereocenters. The summed E-state index contributed by atoms with van der Waals surface area (Å²) in [4.78, 5) is 23.1. The lowest BCUT2D eigenvalue weighted by Gasteiger charge is -2.04. The lowest BCUT2D eigenvalue weighted by atomic mass is 10.2. The molecule has 0 aliphatic rings. The van der Waals surface area contributed by atoms with Gasteiger partial charge in [-0.1, -0.05) is 0 Å². The van der Waals surface area contributed by atoms with Gasteiger partial charge in [-0.05, 0) is 0 Å². The number of carbonyl (C=O) groups is 1. The Balaban J connectivity index is 2.05. The summed E-state index contributed by atoms with van der Waals surface area (Å²) in [6, 6.07) is -0.805. The van der Waals surface area contributed by atoms with Crippen molar-refractivity contribution in [2.45, 2.75) is 12.5 Å². The number of carboxylic acids is 1. The highest BCUT2D eigenvalue weighted by molar-refractivity contribution is 7.11. The molecule has 17 heavy (non-hydrogen) atoms. The van der Waals surface area contributed by atoms with Gasteiger partial charge in [-0.3, -0.25) is 4.99 Å². The van der Waals surface area contributed by atoms with E-state index in [9.17, 15) is 4.79 Å². The number of carboxylic acid groups (broad SMARTS) is 1. The second-order valence-corrected chi connectivity index (χ2v) is 4.83. The Bertz CT molecular complexity index is 494. The molecule has 0 saturated heterocycles. The van der Waals surface area contributed by atoms with Gasteiger partial charge < -0.3 is 5.11 Å². The summed E-state index contributed by atoms with van der Waals surface area (Å²) in [7, 11) is 0. The molecule has 0 saturated carbocycles. The van der Waals surface area contributed by atoms with Crippen LogP contribution in [0.1, 0.15) is 10.7 Å². The van der Waals surface area contributed by atoms with E-state index in [1.54, 1.807) is 11.7 Å². The maximum Gasteiger partial charge on any atom is 0.328 e. The summed E-state index contributed by atoms with van der Waals surface area (Å²) in [5.41, 5.74) is 2.43. The van der Waals surface area contributed by atoms with Crippen LogP contribution in [0.25, 0.3) is 0 Å². The van der Waals surface area contributed by atoms with Crippen molar-refractivity contribution in [3.05, 3.63) is 33.2 Å². The second-order valence-electron chi connectivity index (χ2n) is 3.19. The van der Waals surface area contributed by atoms with E-state index >= 15 is 0 Å². The van der Waals surface area contributed by atoms with Crippen LogP contribution in [0.2, 0.25) is 0 Å². The van der Waals surface area contributed by atoms with Crippen molar-refractivity contribution >= 4 is 34.9 Å². The number of hydrogen-bond acceptors (Lipinski definition) is 6. The molecule has 1 atom stereocenters. The molecule has 7 heteroatoms. The first-order valence-corrected chi connectivity index (χ1v) is 6.60. The third-order valence-electron chi connectivity index (χ3n) is 1.99. The number of aliphatic carboxylic acids is 1. The van der Waals surface area contributed by atoms with Crippen molar-refractivity contribution in [3.63, 3.8) is 0 Å². The fourth-order valence-electron chi connectivity index (χ4n) is 1.19. The Kier molecular flexibility index (Phi) is 3.94. The number of hydrogen-bond donors (Lipinski definition) is 1. The summed E-state index contributed by atoms with van der Waals surface area (Å²) in [6.45, 7) is 0. The highest BCUT2D eigenvalue weighted by Crippen LogP contribution is 2.08. The van der Waals surface area contributed by atoms with Gasteiger partial charge in [-0.15, -0.1) is 22.7 Å². The standard InChI is InChI=1S/C10H9N3O2S2/c14-10(15)8(3-7-5-16-6-13-7)12-4-9-11-1-2-17-9/h1-2,4-6,8H,3H2,(H,14,15). The van der Waals surface area contributed by atoms with Gasteiger partial charge in [0.05, 0.1) is 17.4 Å². The monoisotopic (exact) mass is 267 g/mol. The Hall–Kier alpha value is -1.60. The van der Waals surface area contributed by atoms with Gasteiger partial charge in [0.25, 0.3) is 0 Å². The van der Waals surface area contributed by atoms with Crippen LogP contribution in [-0.4, -0.2) is 33.3 Å². The summed E-state index contributed by atoms with van der Waals surface area (Å²) in [6.07, 6.45) is 3.46. The van der Waals surface area contributed by atoms with Crippen LogP contribution in [0.15, 0.2) is 27.5 Å². The largest absolute Gasteiger partial charge is 0.480 e. The zero-order valence-electron chi connectivity index (χ0n) is 8.68. The molecule has 0 radical (unpaired) electrons. The molecule has 0 bridgehead atoms. The van der Waals surface area contributed by atoms with Gasteiger partial charge in [-0.25, -0.2) is 14.8 Å². The minimum absolute atomic E-state index is 0.306. The van der Waals surface area contributed by atoms with Crippen molar-refractivity contribution in [2.75, 3.05) is 0 Å². The fourth-order valence-corrected chi connectivity index (χ4v) is 2.27. The molecule has 5 nitrogen and oxygen atoms in total. The molecule has 0 spiro atoms. The van der Waals surface area contributed by atoms with E-state index < -0.39 is 12.0 Å². The van der Waals surface area contributed by atoms with Crippen LogP contribution >= 0.6 is 22.7 Å². The molecule has 0 aliphatic carbocycles. The average Bonchev–Trinajstić information content (AvgIpc) is 2.97. The van der Waals surface area contributed by atoms with E-state index in [0.29, 0.717) is 11.4 Å². The number of rotatable bonds is 5. The Labute approximate surface area is 106 Å². The fraction of sp³-hybridized carbons (Fsp3) is 0.200. The van der Waals surface area contributed by atoms with Crippen LogP contribution in [-0.2, 0) is 11.2 Å². The summed E-state index contributed by atoms with van der Waals surface area (Å²) in [5.74, 6) is -0.953. The molecule has 88 valence electrons. The van der Waals surface area contributed by atoms with Gasteiger partial charge in [0, 0.05) is 23.4 Å². The molecular formula is C10H9N3O2S2. The maximum absolute atomic E-state index is 11.0. The molecule has 0 aromatic carbocycles. The third kappa shape index (κ3) is 3.43. The number of nitrogens with zero attached hydrogens (tertiary/aromatic N) is 3. The molecule has 0 aliphatic heterocycles. The van der Waals surface area contributed by atoms with Gasteiger partial charge >= 0.3 is 5.97 Å². The van der Waals surface area contributed by atoms with Gasteiger partial charge in [-0.2, -0.15) is 0 Å². The minimum atomic E-state index is -0.953. The van der Waals surface area contributed by atoms with Crippen molar-refractivity contribution in [2.24, 2.45) is 4.99 Å². The van der Waals surface area contributed by atoms with E-state index in [0.717, 1.165) is 5.69 Å². The predicted octanol–water partition coefficient (Wildman–Crippen LogP) is 1.71. The normalized spacial score (nSPS) is 12.9. The van der Waals surface area contributed by atoms with Crippen molar-refractivity contribution in [1.82, 2.24) is 9.97 Å². The first-order chi connectivity index (χ1) is 8.25. The average molecular weight is 267 g/mol. The SMILES string of the molecule is O=C(O)C(Cc1cscn1)N=Cc1nccs1. The van der Waals surface area contributed by atoms with Crippen LogP contribution in [0.4, 0.5) is 0 Å². The van der Waals surface area contributed by atoms with E-state index in [4.69, 9.17) is 5.11 Å². The predicted molar refractivity (Wildman–Crippen MR) is 66.9 cm³/mol. The van der Waals surface area contributed by atoms with Crippen LogP contribution in [0, 0.1) is 0 Å². The molecule has 2 aromatic heterocycles. The Morgan fingerprint density at radius 2 is 2.47 bits per heavy atom. The Morgan fingerprint density at radius 1 is 1.59 bits per heavy atom. The van der Waals surface area contributed by atoms with Crippen molar-refractivity contribution < 1.29 is 9.90 Å². The highest BCUT2D eigenvalue weighted by Gasteiger charge is 2.17. The first-order valence-electron chi connectivity index (χ1n) is 4.78. The first kappa shape index (κ1) is 11.9.